The number of thiocarbonyl (C=S) groups is 1. The summed E-state index contributed by atoms with van der Waals surface area (Å²) in [4.78, 5) is 9.64. The van der Waals surface area contributed by atoms with Crippen molar-refractivity contribution in [1.29, 1.82) is 0 Å². The highest BCUT2D eigenvalue weighted by atomic mass is 32.2. The molecule has 0 saturated carbocycles. The minimum atomic E-state index is -0.616. The van der Waals surface area contributed by atoms with Crippen molar-refractivity contribution in [2.75, 3.05) is 0 Å². The molecule has 0 amide bonds. The van der Waals surface area contributed by atoms with E-state index in [1.807, 2.05) is 30.3 Å². The molecule has 0 aliphatic carbocycles. The summed E-state index contributed by atoms with van der Waals surface area (Å²) >= 11 is 6.61. The normalized spacial score (nSPS) is 10.8. The monoisotopic (exact) mass is 240 g/mol. The van der Waals surface area contributed by atoms with Gasteiger partial charge in [-0.2, -0.15) is 0 Å². The lowest BCUT2D eigenvalue weighted by Gasteiger charge is -2.21. The SMILES string of the molecule is CC(C)(OC=O)SC(=S)c1ccccc1. The Kier molecular flexibility index (Phi) is 4.29. The van der Waals surface area contributed by atoms with Gasteiger partial charge in [-0.1, -0.05) is 54.3 Å². The van der Waals surface area contributed by atoms with Gasteiger partial charge in [0.25, 0.3) is 6.47 Å². The Morgan fingerprint density at radius 1 is 1.40 bits per heavy atom. The van der Waals surface area contributed by atoms with Gasteiger partial charge in [0.2, 0.25) is 0 Å². The molecule has 0 atom stereocenters. The molecule has 0 radical (unpaired) electrons. The van der Waals surface area contributed by atoms with Crippen molar-refractivity contribution in [3.63, 3.8) is 0 Å². The molecular formula is C11H12O2S2. The smallest absolute Gasteiger partial charge is 0.294 e. The number of rotatable bonds is 4. The lowest BCUT2D eigenvalue weighted by Crippen LogP contribution is -2.21. The second-order valence-electron chi connectivity index (χ2n) is 3.37. The van der Waals surface area contributed by atoms with E-state index in [0.717, 1.165) is 9.76 Å². The Bertz CT molecular complexity index is 347. The minimum Gasteiger partial charge on any atom is -0.450 e. The first-order valence-electron chi connectivity index (χ1n) is 4.45. The van der Waals surface area contributed by atoms with Crippen molar-refractivity contribution in [2.24, 2.45) is 0 Å². The predicted octanol–water partition coefficient (Wildman–Crippen LogP) is 3.00. The number of carbonyl (C=O) groups is 1. The summed E-state index contributed by atoms with van der Waals surface area (Å²) in [6.07, 6.45) is 0. The molecule has 1 rings (SSSR count). The quantitative estimate of drug-likeness (QED) is 0.459. The van der Waals surface area contributed by atoms with Crippen LogP contribution in [0, 0.1) is 0 Å². The third-order valence-electron chi connectivity index (χ3n) is 1.68. The second kappa shape index (κ2) is 5.28. The highest BCUT2D eigenvalue weighted by Gasteiger charge is 2.22. The Balaban J connectivity index is 2.68. The van der Waals surface area contributed by atoms with Crippen LogP contribution in [0.25, 0.3) is 0 Å². The van der Waals surface area contributed by atoms with E-state index in [1.165, 1.54) is 11.8 Å². The van der Waals surface area contributed by atoms with Gasteiger partial charge in [-0.05, 0) is 19.4 Å². The molecule has 0 aliphatic rings. The van der Waals surface area contributed by atoms with E-state index in [-0.39, 0.29) is 0 Å². The van der Waals surface area contributed by atoms with Gasteiger partial charge < -0.3 is 4.74 Å². The molecule has 0 unspecified atom stereocenters. The fourth-order valence-corrected chi connectivity index (χ4v) is 2.52. The largest absolute Gasteiger partial charge is 0.450 e. The summed E-state index contributed by atoms with van der Waals surface area (Å²) in [5.41, 5.74) is 0.972. The van der Waals surface area contributed by atoms with E-state index in [4.69, 9.17) is 17.0 Å². The third kappa shape index (κ3) is 4.01. The molecule has 0 bridgehead atoms. The zero-order chi connectivity index (χ0) is 11.3. The average Bonchev–Trinajstić information content (AvgIpc) is 2.18. The van der Waals surface area contributed by atoms with Crippen molar-refractivity contribution in [3.8, 4) is 0 Å². The summed E-state index contributed by atoms with van der Waals surface area (Å²) < 4.78 is 5.64. The van der Waals surface area contributed by atoms with Crippen molar-refractivity contribution >= 4 is 34.6 Å². The van der Waals surface area contributed by atoms with Crippen LogP contribution in [0.1, 0.15) is 19.4 Å². The Hall–Kier alpha value is -0.870. The van der Waals surface area contributed by atoms with Gasteiger partial charge in [-0.15, -0.1) is 0 Å². The van der Waals surface area contributed by atoms with Crippen molar-refractivity contribution in [2.45, 2.75) is 18.8 Å². The lowest BCUT2D eigenvalue weighted by atomic mass is 10.2. The van der Waals surface area contributed by atoms with E-state index < -0.39 is 4.93 Å². The van der Waals surface area contributed by atoms with Crippen LogP contribution in [-0.2, 0) is 9.53 Å². The molecule has 15 heavy (non-hydrogen) atoms. The van der Waals surface area contributed by atoms with Gasteiger partial charge in [0.1, 0.15) is 0 Å². The number of thioether (sulfide) groups is 1. The summed E-state index contributed by atoms with van der Waals surface area (Å²) in [7, 11) is 0. The zero-order valence-electron chi connectivity index (χ0n) is 8.60. The van der Waals surface area contributed by atoms with Crippen LogP contribution in [0.4, 0.5) is 0 Å². The van der Waals surface area contributed by atoms with Gasteiger partial charge in [-0.25, -0.2) is 0 Å². The predicted molar refractivity (Wildman–Crippen MR) is 67.0 cm³/mol. The summed E-state index contributed by atoms with van der Waals surface area (Å²) in [5.74, 6) is 0. The molecule has 1 aromatic carbocycles. The maximum absolute atomic E-state index is 10.3. The fraction of sp³-hybridized carbons (Fsp3) is 0.273. The summed E-state index contributed by atoms with van der Waals surface area (Å²) in [6, 6.07) is 9.66. The molecule has 4 heteroatoms. The molecule has 0 aromatic heterocycles. The highest BCUT2D eigenvalue weighted by molar-refractivity contribution is 8.24. The van der Waals surface area contributed by atoms with E-state index >= 15 is 0 Å². The highest BCUT2D eigenvalue weighted by Crippen LogP contribution is 2.29. The van der Waals surface area contributed by atoms with E-state index in [0.29, 0.717) is 6.47 Å². The van der Waals surface area contributed by atoms with E-state index in [9.17, 15) is 4.79 Å². The first-order valence-corrected chi connectivity index (χ1v) is 5.67. The zero-order valence-corrected chi connectivity index (χ0v) is 10.2. The lowest BCUT2D eigenvalue weighted by molar-refractivity contribution is -0.133. The van der Waals surface area contributed by atoms with Crippen LogP contribution in [0.15, 0.2) is 30.3 Å². The molecule has 80 valence electrons. The Morgan fingerprint density at radius 3 is 2.53 bits per heavy atom. The number of ether oxygens (including phenoxy) is 1. The third-order valence-corrected chi connectivity index (χ3v) is 3.17. The average molecular weight is 240 g/mol. The van der Waals surface area contributed by atoms with Crippen LogP contribution >= 0.6 is 24.0 Å². The van der Waals surface area contributed by atoms with Crippen LogP contribution in [0.5, 0.6) is 0 Å². The Morgan fingerprint density at radius 2 is 2.00 bits per heavy atom. The second-order valence-corrected chi connectivity index (χ2v) is 5.63. The molecule has 2 nitrogen and oxygen atoms in total. The van der Waals surface area contributed by atoms with Crippen LogP contribution < -0.4 is 0 Å². The number of carbonyl (C=O) groups excluding carboxylic acids is 1. The maximum Gasteiger partial charge on any atom is 0.294 e. The molecular weight excluding hydrogens is 228 g/mol. The molecule has 0 fully saturated rings. The molecule has 0 spiro atoms. The molecule has 0 saturated heterocycles. The summed E-state index contributed by atoms with van der Waals surface area (Å²) in [6.45, 7) is 4.06. The summed E-state index contributed by atoms with van der Waals surface area (Å²) in [5, 5.41) is 0. The number of benzene rings is 1. The fourth-order valence-electron chi connectivity index (χ4n) is 0.996. The first kappa shape index (κ1) is 12.2. The first-order chi connectivity index (χ1) is 7.05. The molecule has 0 N–H and O–H groups in total. The molecule has 0 aliphatic heterocycles. The standard InChI is InChI=1S/C11H12O2S2/c1-11(2,13-8-12)15-10(14)9-6-4-3-5-7-9/h3-8H,1-2H3. The van der Waals surface area contributed by atoms with Crippen LogP contribution in [-0.4, -0.2) is 15.6 Å². The van der Waals surface area contributed by atoms with Crippen LogP contribution in [0.2, 0.25) is 0 Å². The molecule has 1 aromatic rings. The molecule has 0 heterocycles. The maximum atomic E-state index is 10.3. The van der Waals surface area contributed by atoms with Gasteiger partial charge in [-0.3, -0.25) is 4.79 Å². The van der Waals surface area contributed by atoms with Gasteiger partial charge in [0, 0.05) is 0 Å². The van der Waals surface area contributed by atoms with Gasteiger partial charge in [0.15, 0.2) is 4.93 Å². The van der Waals surface area contributed by atoms with Crippen LogP contribution in [0.3, 0.4) is 0 Å². The van der Waals surface area contributed by atoms with E-state index in [2.05, 4.69) is 0 Å². The topological polar surface area (TPSA) is 26.3 Å². The van der Waals surface area contributed by atoms with E-state index in [1.54, 1.807) is 13.8 Å². The van der Waals surface area contributed by atoms with Gasteiger partial charge in [0.05, 0.1) is 4.20 Å². The number of hydrogen-bond acceptors (Lipinski definition) is 4. The van der Waals surface area contributed by atoms with Crippen molar-refractivity contribution < 1.29 is 9.53 Å². The van der Waals surface area contributed by atoms with Gasteiger partial charge >= 0.3 is 0 Å². The Labute approximate surface area is 99.0 Å². The van der Waals surface area contributed by atoms with Crippen molar-refractivity contribution in [1.82, 2.24) is 0 Å². The van der Waals surface area contributed by atoms with Crippen molar-refractivity contribution in [3.05, 3.63) is 35.9 Å². The minimum absolute atomic E-state index is 0.445. The number of hydrogen-bond donors (Lipinski definition) is 0.